The van der Waals surface area contributed by atoms with E-state index in [1.807, 2.05) is 13.0 Å². The molecule has 144 valence electrons. The highest BCUT2D eigenvalue weighted by molar-refractivity contribution is 6.35. The van der Waals surface area contributed by atoms with Gasteiger partial charge in [0.25, 0.3) is 5.91 Å². The molecule has 1 aliphatic heterocycles. The molecule has 0 spiro atoms. The second-order valence-corrected chi connectivity index (χ2v) is 6.12. The number of hydrogen-bond acceptors (Lipinski definition) is 6. The smallest absolute Gasteiger partial charge is 0.335 e. The van der Waals surface area contributed by atoms with Crippen molar-refractivity contribution in [1.29, 1.82) is 0 Å². The first-order chi connectivity index (χ1) is 13.5. The molecule has 0 radical (unpaired) electrons. The van der Waals surface area contributed by atoms with Crippen LogP contribution in [0.15, 0.2) is 53.8 Å². The van der Waals surface area contributed by atoms with Crippen molar-refractivity contribution in [2.45, 2.75) is 19.9 Å². The van der Waals surface area contributed by atoms with Crippen LogP contribution in [0.2, 0.25) is 0 Å². The molecule has 0 saturated carbocycles. The minimum absolute atomic E-state index is 0.296. The summed E-state index contributed by atoms with van der Waals surface area (Å²) < 4.78 is 5.10. The zero-order valence-corrected chi connectivity index (χ0v) is 15.6. The van der Waals surface area contributed by atoms with Gasteiger partial charge < -0.3 is 4.74 Å². The molecule has 2 aromatic rings. The third kappa shape index (κ3) is 3.90. The monoisotopic (exact) mass is 380 g/mol. The number of ether oxygens (including phenoxy) is 1. The van der Waals surface area contributed by atoms with Crippen LogP contribution in [0.1, 0.15) is 18.9 Å². The summed E-state index contributed by atoms with van der Waals surface area (Å²) in [5, 5.41) is 2.25. The lowest BCUT2D eigenvalue weighted by Crippen LogP contribution is -2.60. The van der Waals surface area contributed by atoms with E-state index >= 15 is 0 Å². The average Bonchev–Trinajstić information content (AvgIpc) is 2.71. The van der Waals surface area contributed by atoms with Crippen molar-refractivity contribution in [3.05, 3.63) is 54.4 Å². The lowest BCUT2D eigenvalue weighted by molar-refractivity contribution is -0.131. The normalized spacial score (nSPS) is 17.5. The van der Waals surface area contributed by atoms with Gasteiger partial charge in [0.15, 0.2) is 5.92 Å². The topological polar surface area (TPSA) is 101 Å². The van der Waals surface area contributed by atoms with E-state index in [2.05, 4.69) is 15.3 Å². The van der Waals surface area contributed by atoms with Gasteiger partial charge in [-0.2, -0.15) is 0 Å². The van der Waals surface area contributed by atoms with E-state index in [1.165, 1.54) is 7.11 Å². The Morgan fingerprint density at radius 1 is 1.21 bits per heavy atom. The summed E-state index contributed by atoms with van der Waals surface area (Å²) in [5.74, 6) is -1.84. The van der Waals surface area contributed by atoms with Crippen LogP contribution >= 0.6 is 0 Å². The maximum absolute atomic E-state index is 13.0. The fourth-order valence-corrected chi connectivity index (χ4v) is 2.94. The zero-order valence-electron chi connectivity index (χ0n) is 15.6. The van der Waals surface area contributed by atoms with E-state index in [0.29, 0.717) is 30.1 Å². The van der Waals surface area contributed by atoms with Gasteiger partial charge in [-0.3, -0.25) is 24.9 Å². The van der Waals surface area contributed by atoms with E-state index in [1.54, 1.807) is 42.7 Å². The number of urea groups is 1. The third-order valence-corrected chi connectivity index (χ3v) is 4.38. The van der Waals surface area contributed by atoms with Gasteiger partial charge in [0.1, 0.15) is 5.75 Å². The summed E-state index contributed by atoms with van der Waals surface area (Å²) in [6.45, 7) is 2.11. The molecular formula is C20H20N4O4. The van der Waals surface area contributed by atoms with E-state index in [-0.39, 0.29) is 0 Å². The Labute approximate surface area is 162 Å². The van der Waals surface area contributed by atoms with Crippen LogP contribution in [0.25, 0.3) is 0 Å². The summed E-state index contributed by atoms with van der Waals surface area (Å²) in [6.07, 6.45) is 3.73. The Bertz CT molecular complexity index is 910. The molecule has 8 heteroatoms. The molecule has 8 nitrogen and oxygen atoms in total. The standard InChI is InChI=1S/C20H20N4O4/c1-3-16(22-12-13-5-4-10-21-11-13)17-18(25)23-20(27)24(19(17)26)14-6-8-15(28-2)9-7-14/h4-11,17H,3,12H2,1-2H3,(H,23,25,27). The van der Waals surface area contributed by atoms with Crippen molar-refractivity contribution >= 4 is 29.2 Å². The molecule has 4 amide bonds. The molecular weight excluding hydrogens is 360 g/mol. The molecule has 3 rings (SSSR count). The Kier molecular flexibility index (Phi) is 5.78. The molecule has 2 heterocycles. The number of hydrogen-bond donors (Lipinski definition) is 1. The number of nitrogens with one attached hydrogen (secondary N) is 1. The van der Waals surface area contributed by atoms with Gasteiger partial charge >= 0.3 is 6.03 Å². The van der Waals surface area contributed by atoms with Crippen LogP contribution in [0.5, 0.6) is 5.75 Å². The Balaban J connectivity index is 1.89. The third-order valence-electron chi connectivity index (χ3n) is 4.38. The summed E-state index contributed by atoms with van der Waals surface area (Å²) in [6, 6.07) is 9.32. The van der Waals surface area contributed by atoms with E-state index in [9.17, 15) is 14.4 Å². The number of barbiturate groups is 1. The summed E-state index contributed by atoms with van der Waals surface area (Å²) in [4.78, 5) is 47.2. The minimum Gasteiger partial charge on any atom is -0.497 e. The van der Waals surface area contributed by atoms with Crippen molar-refractivity contribution in [1.82, 2.24) is 10.3 Å². The van der Waals surface area contributed by atoms with Gasteiger partial charge in [-0.1, -0.05) is 13.0 Å². The fraction of sp³-hybridized carbons (Fsp3) is 0.250. The van der Waals surface area contributed by atoms with Crippen LogP contribution < -0.4 is 15.0 Å². The quantitative estimate of drug-likeness (QED) is 0.612. The Morgan fingerprint density at radius 2 is 1.96 bits per heavy atom. The molecule has 1 aromatic carbocycles. The van der Waals surface area contributed by atoms with Crippen LogP contribution in [0.3, 0.4) is 0 Å². The average molecular weight is 380 g/mol. The van der Waals surface area contributed by atoms with E-state index in [0.717, 1.165) is 10.5 Å². The fourth-order valence-electron chi connectivity index (χ4n) is 2.94. The van der Waals surface area contributed by atoms with Gasteiger partial charge in [-0.05, 0) is 42.3 Å². The molecule has 1 N–H and O–H groups in total. The molecule has 1 fully saturated rings. The maximum atomic E-state index is 13.0. The summed E-state index contributed by atoms with van der Waals surface area (Å²) >= 11 is 0. The number of carbonyl (C=O) groups excluding carboxylic acids is 3. The van der Waals surface area contributed by atoms with Gasteiger partial charge in [0.2, 0.25) is 5.91 Å². The molecule has 1 atom stereocenters. The largest absolute Gasteiger partial charge is 0.497 e. The number of benzene rings is 1. The number of aliphatic imine (C=N–C) groups is 1. The van der Waals surface area contributed by atoms with E-state index < -0.39 is 23.8 Å². The van der Waals surface area contributed by atoms with Gasteiger partial charge in [-0.25, -0.2) is 9.69 Å². The molecule has 28 heavy (non-hydrogen) atoms. The first-order valence-corrected chi connectivity index (χ1v) is 8.80. The predicted molar refractivity (Wildman–Crippen MR) is 103 cm³/mol. The SMILES string of the molecule is CCC(=NCc1cccnc1)C1C(=O)NC(=O)N(c2ccc(OC)cc2)C1=O. The minimum atomic E-state index is -1.15. The molecule has 1 saturated heterocycles. The van der Waals surface area contributed by atoms with Crippen molar-refractivity contribution in [3.63, 3.8) is 0 Å². The van der Waals surface area contributed by atoms with E-state index in [4.69, 9.17) is 4.74 Å². The number of anilines is 1. The molecule has 0 aliphatic carbocycles. The Hall–Kier alpha value is -3.55. The molecule has 1 aliphatic rings. The Morgan fingerprint density at radius 3 is 2.57 bits per heavy atom. The lowest BCUT2D eigenvalue weighted by atomic mass is 9.96. The van der Waals surface area contributed by atoms with Crippen LogP contribution in [0.4, 0.5) is 10.5 Å². The number of imide groups is 2. The molecule has 1 aromatic heterocycles. The highest BCUT2D eigenvalue weighted by Gasteiger charge is 2.43. The highest BCUT2D eigenvalue weighted by atomic mass is 16.5. The molecule has 0 bridgehead atoms. The zero-order chi connectivity index (χ0) is 20.1. The van der Waals surface area contributed by atoms with Crippen molar-refractivity contribution in [3.8, 4) is 5.75 Å². The van der Waals surface area contributed by atoms with Gasteiger partial charge in [-0.15, -0.1) is 0 Å². The first-order valence-electron chi connectivity index (χ1n) is 8.80. The number of aromatic nitrogens is 1. The lowest BCUT2D eigenvalue weighted by Gasteiger charge is -2.30. The first kappa shape index (κ1) is 19.2. The van der Waals surface area contributed by atoms with Crippen LogP contribution in [-0.2, 0) is 16.1 Å². The summed E-state index contributed by atoms with van der Waals surface area (Å²) in [7, 11) is 1.52. The van der Waals surface area contributed by atoms with Crippen molar-refractivity contribution in [2.24, 2.45) is 10.9 Å². The molecule has 1 unspecified atom stereocenters. The second kappa shape index (κ2) is 8.43. The van der Waals surface area contributed by atoms with Crippen molar-refractivity contribution < 1.29 is 19.1 Å². The van der Waals surface area contributed by atoms with Crippen LogP contribution in [-0.4, -0.2) is 35.7 Å². The second-order valence-electron chi connectivity index (χ2n) is 6.12. The number of nitrogens with zero attached hydrogens (tertiary/aromatic N) is 3. The number of carbonyl (C=O) groups is 3. The number of amides is 4. The van der Waals surface area contributed by atoms with Crippen molar-refractivity contribution in [2.75, 3.05) is 12.0 Å². The maximum Gasteiger partial charge on any atom is 0.335 e. The summed E-state index contributed by atoms with van der Waals surface area (Å²) in [5.41, 5.74) is 1.63. The number of pyridine rings is 1. The number of rotatable bonds is 6. The van der Waals surface area contributed by atoms with Gasteiger partial charge in [0.05, 0.1) is 19.3 Å². The van der Waals surface area contributed by atoms with Crippen LogP contribution in [0, 0.1) is 5.92 Å². The highest BCUT2D eigenvalue weighted by Crippen LogP contribution is 2.24. The van der Waals surface area contributed by atoms with Gasteiger partial charge in [0, 0.05) is 18.1 Å². The predicted octanol–water partition coefficient (Wildman–Crippen LogP) is 2.34. The number of methoxy groups -OCH3 is 1.